The molecule has 3 aromatic heterocycles. The minimum absolute atomic E-state index is 0.000199. The van der Waals surface area contributed by atoms with E-state index in [4.69, 9.17) is 5.10 Å². The fourth-order valence-corrected chi connectivity index (χ4v) is 6.38. The maximum Gasteiger partial charge on any atom is 0.227 e. The Morgan fingerprint density at radius 2 is 1.84 bits per heavy atom. The number of anilines is 2. The van der Waals surface area contributed by atoms with Gasteiger partial charge in [-0.25, -0.2) is 9.67 Å². The molecule has 2 amide bonds. The van der Waals surface area contributed by atoms with E-state index in [0.717, 1.165) is 57.3 Å². The number of hydrogen-bond acceptors (Lipinski definition) is 7. The summed E-state index contributed by atoms with van der Waals surface area (Å²) in [7, 11) is 0. The minimum atomic E-state index is -0.289. The standard InChI is InChI=1S/C28H28N6O3S/c1-16(35)30-28-32-23-13-12-22-24(18-3-2-14-29-15-18)33-34(25(22)26(23)38-28)20-8-6-19(7-9-20)31-27(37)17-4-10-21(36)11-5-17/h2-3,6-9,14-15,17,21,36H,4-5,10-13H2,1H3,(H,31,37)(H,30,32,35). The molecule has 3 heterocycles. The lowest BCUT2D eigenvalue weighted by Gasteiger charge is -2.24. The van der Waals surface area contributed by atoms with Crippen LogP contribution in [0.4, 0.5) is 10.8 Å². The second-order valence-electron chi connectivity index (χ2n) is 9.85. The first-order valence-corrected chi connectivity index (χ1v) is 13.7. The average molecular weight is 529 g/mol. The van der Waals surface area contributed by atoms with E-state index >= 15 is 0 Å². The summed E-state index contributed by atoms with van der Waals surface area (Å²) in [4.78, 5) is 34.4. The average Bonchev–Trinajstić information content (AvgIpc) is 3.50. The van der Waals surface area contributed by atoms with Gasteiger partial charge < -0.3 is 15.7 Å². The third-order valence-corrected chi connectivity index (χ3v) is 8.19. The maximum atomic E-state index is 12.7. The van der Waals surface area contributed by atoms with Crippen LogP contribution < -0.4 is 10.6 Å². The van der Waals surface area contributed by atoms with E-state index < -0.39 is 0 Å². The quantitative estimate of drug-likeness (QED) is 0.348. The Morgan fingerprint density at radius 3 is 2.55 bits per heavy atom. The summed E-state index contributed by atoms with van der Waals surface area (Å²) < 4.78 is 1.93. The Balaban J connectivity index is 1.35. The van der Waals surface area contributed by atoms with Gasteiger partial charge >= 0.3 is 0 Å². The van der Waals surface area contributed by atoms with Gasteiger partial charge in [-0.2, -0.15) is 5.10 Å². The summed E-state index contributed by atoms with van der Waals surface area (Å²) in [6, 6.07) is 11.6. The molecule has 0 aliphatic heterocycles. The molecule has 38 heavy (non-hydrogen) atoms. The molecule has 6 rings (SSSR count). The fraction of sp³-hybridized carbons (Fsp3) is 0.321. The molecular weight excluding hydrogens is 500 g/mol. The van der Waals surface area contributed by atoms with Gasteiger partial charge in [-0.15, -0.1) is 0 Å². The number of carbonyl (C=O) groups excluding carboxylic acids is 2. The number of aromatic nitrogens is 4. The van der Waals surface area contributed by atoms with Crippen LogP contribution in [0.3, 0.4) is 0 Å². The van der Waals surface area contributed by atoms with Gasteiger partial charge in [-0.1, -0.05) is 11.3 Å². The van der Waals surface area contributed by atoms with Gasteiger partial charge in [0.25, 0.3) is 0 Å². The van der Waals surface area contributed by atoms with Crippen LogP contribution in [0, 0.1) is 5.92 Å². The van der Waals surface area contributed by atoms with E-state index in [9.17, 15) is 14.7 Å². The number of amides is 2. The first kappa shape index (κ1) is 24.4. The van der Waals surface area contributed by atoms with Crippen LogP contribution >= 0.6 is 11.3 Å². The molecule has 0 unspecified atom stereocenters. The van der Waals surface area contributed by atoms with Gasteiger partial charge in [0.05, 0.1) is 33.8 Å². The van der Waals surface area contributed by atoms with Gasteiger partial charge in [-0.05, 0) is 74.9 Å². The number of carbonyl (C=O) groups is 2. The summed E-state index contributed by atoms with van der Waals surface area (Å²) in [6.45, 7) is 1.48. The van der Waals surface area contributed by atoms with Crippen LogP contribution in [0.1, 0.15) is 43.9 Å². The molecule has 194 valence electrons. The SMILES string of the molecule is CC(=O)Nc1nc2c(s1)-c1c(c(-c3cccnc3)nn1-c1ccc(NC(=O)C3CCC(O)CC3)cc1)CC2. The van der Waals surface area contributed by atoms with E-state index in [-0.39, 0.29) is 23.8 Å². The Hall–Kier alpha value is -3.89. The van der Waals surface area contributed by atoms with Crippen molar-refractivity contribution in [3.63, 3.8) is 0 Å². The van der Waals surface area contributed by atoms with Gasteiger partial charge in [0.2, 0.25) is 11.8 Å². The molecule has 1 aromatic carbocycles. The lowest BCUT2D eigenvalue weighted by Crippen LogP contribution is -2.28. The van der Waals surface area contributed by atoms with Crippen LogP contribution in [0.15, 0.2) is 48.8 Å². The molecule has 4 aromatic rings. The van der Waals surface area contributed by atoms with Gasteiger partial charge in [0.15, 0.2) is 5.13 Å². The molecular formula is C28H28N6O3S. The van der Waals surface area contributed by atoms with Crippen molar-refractivity contribution in [1.29, 1.82) is 0 Å². The highest BCUT2D eigenvalue weighted by Crippen LogP contribution is 2.44. The first-order valence-electron chi connectivity index (χ1n) is 12.9. The molecule has 1 fully saturated rings. The number of nitrogens with zero attached hydrogens (tertiary/aromatic N) is 4. The zero-order chi connectivity index (χ0) is 26.2. The molecule has 0 bridgehead atoms. The molecule has 0 radical (unpaired) electrons. The van der Waals surface area contributed by atoms with Gasteiger partial charge in [0.1, 0.15) is 0 Å². The number of aryl methyl sites for hydroxylation is 1. The van der Waals surface area contributed by atoms with E-state index in [1.165, 1.54) is 18.3 Å². The molecule has 0 spiro atoms. The summed E-state index contributed by atoms with van der Waals surface area (Å²) in [5.41, 5.74) is 6.45. The zero-order valence-corrected chi connectivity index (χ0v) is 21.8. The van der Waals surface area contributed by atoms with Crippen molar-refractivity contribution >= 4 is 34.0 Å². The van der Waals surface area contributed by atoms with Crippen LogP contribution in [0.2, 0.25) is 0 Å². The van der Waals surface area contributed by atoms with Crippen LogP contribution in [-0.2, 0) is 22.4 Å². The van der Waals surface area contributed by atoms with E-state index in [2.05, 4.69) is 20.6 Å². The number of fused-ring (bicyclic) bond motifs is 3. The largest absolute Gasteiger partial charge is 0.393 e. The van der Waals surface area contributed by atoms with Crippen LogP contribution in [0.25, 0.3) is 27.5 Å². The molecule has 2 aliphatic rings. The number of pyridine rings is 1. The van der Waals surface area contributed by atoms with Crippen LogP contribution in [0.5, 0.6) is 0 Å². The highest BCUT2D eigenvalue weighted by atomic mass is 32.1. The van der Waals surface area contributed by atoms with E-state index in [1.54, 1.807) is 6.20 Å². The number of aliphatic hydroxyl groups is 1. The number of hydrogen-bond donors (Lipinski definition) is 3. The lowest BCUT2D eigenvalue weighted by molar-refractivity contribution is -0.121. The third-order valence-electron chi connectivity index (χ3n) is 7.17. The number of thiazole rings is 1. The molecule has 0 atom stereocenters. The topological polar surface area (TPSA) is 122 Å². The number of aliphatic hydroxyl groups excluding tert-OH is 1. The zero-order valence-electron chi connectivity index (χ0n) is 21.0. The minimum Gasteiger partial charge on any atom is -0.393 e. The monoisotopic (exact) mass is 528 g/mol. The first-order chi connectivity index (χ1) is 18.5. The van der Waals surface area contributed by atoms with E-state index in [0.29, 0.717) is 30.8 Å². The van der Waals surface area contributed by atoms with Crippen molar-refractivity contribution in [2.75, 3.05) is 10.6 Å². The molecule has 9 nitrogen and oxygen atoms in total. The Labute approximate surface area is 224 Å². The normalized spacial score (nSPS) is 18.4. The third kappa shape index (κ3) is 4.72. The van der Waals surface area contributed by atoms with E-state index in [1.807, 2.05) is 47.3 Å². The second kappa shape index (κ2) is 10.1. The van der Waals surface area contributed by atoms with Crippen molar-refractivity contribution in [2.45, 2.75) is 51.6 Å². The summed E-state index contributed by atoms with van der Waals surface area (Å²) in [6.07, 6.45) is 7.58. The van der Waals surface area contributed by atoms with Crippen molar-refractivity contribution in [1.82, 2.24) is 19.7 Å². The summed E-state index contributed by atoms with van der Waals surface area (Å²) in [5.74, 6) is -0.219. The van der Waals surface area contributed by atoms with Crippen LogP contribution in [-0.4, -0.2) is 42.8 Å². The Kier molecular flexibility index (Phi) is 6.50. The number of nitrogens with one attached hydrogen (secondary N) is 2. The van der Waals surface area contributed by atoms with Crippen molar-refractivity contribution in [3.8, 4) is 27.5 Å². The van der Waals surface area contributed by atoms with Crippen molar-refractivity contribution < 1.29 is 14.7 Å². The van der Waals surface area contributed by atoms with Gasteiger partial charge in [0, 0.05) is 42.0 Å². The highest BCUT2D eigenvalue weighted by molar-refractivity contribution is 7.19. The fourth-order valence-electron chi connectivity index (χ4n) is 5.26. The second-order valence-corrected chi connectivity index (χ2v) is 10.8. The highest BCUT2D eigenvalue weighted by Gasteiger charge is 2.30. The number of rotatable bonds is 5. The van der Waals surface area contributed by atoms with Crippen molar-refractivity contribution in [3.05, 3.63) is 60.0 Å². The van der Waals surface area contributed by atoms with Crippen molar-refractivity contribution in [2.24, 2.45) is 5.92 Å². The summed E-state index contributed by atoms with van der Waals surface area (Å²) >= 11 is 1.46. The predicted molar refractivity (Wildman–Crippen MR) is 146 cm³/mol. The summed E-state index contributed by atoms with van der Waals surface area (Å²) in [5, 5.41) is 21.2. The molecule has 3 N–H and O–H groups in total. The predicted octanol–water partition coefficient (Wildman–Crippen LogP) is 4.60. The molecule has 2 aliphatic carbocycles. The molecule has 1 saturated carbocycles. The van der Waals surface area contributed by atoms with Gasteiger partial charge in [-0.3, -0.25) is 14.6 Å². The molecule has 0 saturated heterocycles. The molecule has 10 heteroatoms. The number of benzene rings is 1. The smallest absolute Gasteiger partial charge is 0.227 e. The lowest BCUT2D eigenvalue weighted by atomic mass is 9.87. The Morgan fingerprint density at radius 1 is 1.05 bits per heavy atom. The maximum absolute atomic E-state index is 12.7. The Bertz CT molecular complexity index is 1490.